The Morgan fingerprint density at radius 2 is 1.80 bits per heavy atom. The van der Waals surface area contributed by atoms with Gasteiger partial charge >= 0.3 is 11.8 Å². The molecule has 1 aromatic carbocycles. The number of rotatable bonds is 3. The summed E-state index contributed by atoms with van der Waals surface area (Å²) in [4.78, 5) is 30.5. The molecule has 0 radical (unpaired) electrons. The number of pyridine rings is 1. The van der Waals surface area contributed by atoms with Gasteiger partial charge in [-0.25, -0.2) is 0 Å². The number of carbonyl (C=O) groups is 2. The number of carbonyl (C=O) groups excluding carboxylic acids is 2. The topological polar surface area (TPSA) is 83.4 Å². The zero-order valence-electron chi connectivity index (χ0n) is 10.6. The molecule has 0 bridgehead atoms. The summed E-state index contributed by atoms with van der Waals surface area (Å²) in [5.41, 5.74) is 2.04. The van der Waals surface area contributed by atoms with Gasteiger partial charge in [-0.05, 0) is 18.1 Å². The van der Waals surface area contributed by atoms with E-state index in [4.69, 9.17) is 0 Å². The van der Waals surface area contributed by atoms with E-state index in [9.17, 15) is 9.59 Å². The lowest BCUT2D eigenvalue weighted by atomic mass is 10.1. The summed E-state index contributed by atoms with van der Waals surface area (Å²) in [7, 11) is 0. The summed E-state index contributed by atoms with van der Waals surface area (Å²) in [6.07, 6.45) is 2.44. The number of amides is 2. The fraction of sp³-hybridized carbons (Fsp3) is 0.143. The quantitative estimate of drug-likeness (QED) is 0.789. The molecule has 2 heterocycles. The van der Waals surface area contributed by atoms with Crippen LogP contribution < -0.4 is 10.6 Å². The average Bonchev–Trinajstić information content (AvgIpc) is 2.78. The maximum Gasteiger partial charge on any atom is 0.316 e. The van der Waals surface area contributed by atoms with E-state index in [1.165, 1.54) is 0 Å². The third-order valence-corrected chi connectivity index (χ3v) is 3.04. The molecule has 6 heteroatoms. The third kappa shape index (κ3) is 2.35. The van der Waals surface area contributed by atoms with E-state index in [1.54, 1.807) is 6.20 Å². The maximum atomic E-state index is 11.0. The summed E-state index contributed by atoms with van der Waals surface area (Å²) in [6.45, 7) is 0.464. The number of guanidine groups is 1. The van der Waals surface area contributed by atoms with Gasteiger partial charge in [0.25, 0.3) is 0 Å². The summed E-state index contributed by atoms with van der Waals surface area (Å²) in [5, 5.41) is 5.81. The molecule has 0 saturated carbocycles. The highest BCUT2D eigenvalue weighted by Gasteiger charge is 2.24. The van der Waals surface area contributed by atoms with Crippen LogP contribution in [0.1, 0.15) is 5.56 Å². The van der Waals surface area contributed by atoms with Crippen molar-refractivity contribution in [3.8, 4) is 0 Å². The molecule has 3 rings (SSSR count). The van der Waals surface area contributed by atoms with Gasteiger partial charge in [0.15, 0.2) is 0 Å². The van der Waals surface area contributed by atoms with Gasteiger partial charge in [0, 0.05) is 18.1 Å². The highest BCUT2D eigenvalue weighted by Crippen LogP contribution is 2.16. The van der Waals surface area contributed by atoms with E-state index in [0.29, 0.717) is 13.0 Å². The maximum absolute atomic E-state index is 11.0. The second-order valence-electron chi connectivity index (χ2n) is 4.38. The lowest BCUT2D eigenvalue weighted by Crippen LogP contribution is -2.26. The van der Waals surface area contributed by atoms with Crippen molar-refractivity contribution in [1.29, 1.82) is 0 Å². The first-order valence-corrected chi connectivity index (χ1v) is 6.23. The van der Waals surface area contributed by atoms with Crippen LogP contribution in [0, 0.1) is 0 Å². The Labute approximate surface area is 114 Å². The van der Waals surface area contributed by atoms with Crippen LogP contribution in [0.25, 0.3) is 10.9 Å². The molecule has 6 nitrogen and oxygen atoms in total. The summed E-state index contributed by atoms with van der Waals surface area (Å²) < 4.78 is 0. The largest absolute Gasteiger partial charge is 0.316 e. The number of benzene rings is 1. The lowest BCUT2D eigenvalue weighted by molar-refractivity contribution is -0.135. The number of aliphatic imine (C=N–C) groups is 1. The minimum absolute atomic E-state index is 0.216. The Balaban J connectivity index is 1.73. The average molecular weight is 268 g/mol. The second-order valence-corrected chi connectivity index (χ2v) is 4.38. The molecule has 2 N–H and O–H groups in total. The van der Waals surface area contributed by atoms with Gasteiger partial charge in [-0.15, -0.1) is 0 Å². The predicted octanol–water partition coefficient (Wildman–Crippen LogP) is 0.379. The number of hydrogen-bond donors (Lipinski definition) is 2. The normalized spacial score (nSPS) is 14.3. The molecular weight excluding hydrogens is 256 g/mol. The molecule has 1 fully saturated rings. The Morgan fingerprint density at radius 3 is 2.60 bits per heavy atom. The summed E-state index contributed by atoms with van der Waals surface area (Å²) in [5.74, 6) is -1.13. The Bertz CT molecular complexity index is 701. The SMILES string of the molecule is O=C1NC(=NCCc2cccc3cccnc23)NC1=O. The summed E-state index contributed by atoms with van der Waals surface area (Å²) >= 11 is 0. The molecule has 0 spiro atoms. The third-order valence-electron chi connectivity index (χ3n) is 3.04. The molecule has 2 amide bonds. The highest BCUT2D eigenvalue weighted by molar-refractivity contribution is 6.45. The van der Waals surface area contributed by atoms with Gasteiger partial charge in [-0.2, -0.15) is 0 Å². The number of aromatic nitrogens is 1. The Morgan fingerprint density at radius 1 is 1.05 bits per heavy atom. The van der Waals surface area contributed by atoms with Crippen LogP contribution in [0.3, 0.4) is 0 Å². The molecule has 20 heavy (non-hydrogen) atoms. The van der Waals surface area contributed by atoms with Crippen LogP contribution in [0.5, 0.6) is 0 Å². The lowest BCUT2D eigenvalue weighted by Gasteiger charge is -2.04. The number of fused-ring (bicyclic) bond motifs is 1. The number of para-hydroxylation sites is 1. The van der Waals surface area contributed by atoms with Crippen LogP contribution in [0.2, 0.25) is 0 Å². The van der Waals surface area contributed by atoms with E-state index >= 15 is 0 Å². The highest BCUT2D eigenvalue weighted by atomic mass is 16.2. The fourth-order valence-electron chi connectivity index (χ4n) is 2.10. The molecule has 1 aromatic heterocycles. The predicted molar refractivity (Wildman–Crippen MR) is 74.0 cm³/mol. The van der Waals surface area contributed by atoms with Gasteiger partial charge < -0.3 is 0 Å². The van der Waals surface area contributed by atoms with Crippen molar-refractivity contribution in [1.82, 2.24) is 15.6 Å². The van der Waals surface area contributed by atoms with Crippen molar-refractivity contribution in [2.24, 2.45) is 4.99 Å². The molecule has 0 unspecified atom stereocenters. The molecule has 2 aromatic rings. The van der Waals surface area contributed by atoms with Crippen molar-refractivity contribution in [3.05, 3.63) is 42.1 Å². The first-order chi connectivity index (χ1) is 9.74. The van der Waals surface area contributed by atoms with Gasteiger partial charge in [0.05, 0.1) is 5.52 Å². The minimum atomic E-state index is -0.671. The zero-order chi connectivity index (χ0) is 13.9. The first-order valence-electron chi connectivity index (χ1n) is 6.23. The molecule has 0 atom stereocenters. The van der Waals surface area contributed by atoms with Crippen molar-refractivity contribution in [3.63, 3.8) is 0 Å². The van der Waals surface area contributed by atoms with Crippen molar-refractivity contribution >= 4 is 28.7 Å². The van der Waals surface area contributed by atoms with E-state index in [0.717, 1.165) is 16.5 Å². The van der Waals surface area contributed by atoms with Crippen LogP contribution in [-0.4, -0.2) is 29.3 Å². The van der Waals surface area contributed by atoms with Crippen molar-refractivity contribution < 1.29 is 9.59 Å². The minimum Gasteiger partial charge on any atom is -0.288 e. The van der Waals surface area contributed by atoms with E-state index < -0.39 is 11.8 Å². The van der Waals surface area contributed by atoms with E-state index in [-0.39, 0.29) is 5.96 Å². The van der Waals surface area contributed by atoms with Crippen LogP contribution >= 0.6 is 0 Å². The standard InChI is InChI=1S/C14H12N4O2/c19-12-13(20)18-14(17-12)16-8-6-10-4-1-3-9-5-2-7-15-11(9)10/h1-5,7H,6,8H2,(H2,16,17,18,19,20). The number of hydrogen-bond acceptors (Lipinski definition) is 4. The second kappa shape index (κ2) is 5.08. The van der Waals surface area contributed by atoms with Gasteiger partial charge in [-0.3, -0.25) is 30.2 Å². The van der Waals surface area contributed by atoms with Gasteiger partial charge in [-0.1, -0.05) is 24.3 Å². The number of nitrogens with zero attached hydrogens (tertiary/aromatic N) is 2. The van der Waals surface area contributed by atoms with Gasteiger partial charge in [0.1, 0.15) is 0 Å². The zero-order valence-corrected chi connectivity index (χ0v) is 10.6. The summed E-state index contributed by atoms with van der Waals surface area (Å²) in [6, 6.07) is 9.90. The van der Waals surface area contributed by atoms with Crippen LogP contribution in [0.15, 0.2) is 41.5 Å². The van der Waals surface area contributed by atoms with E-state index in [2.05, 4.69) is 20.6 Å². The van der Waals surface area contributed by atoms with Gasteiger partial charge in [0.2, 0.25) is 5.96 Å². The smallest absolute Gasteiger partial charge is 0.288 e. The fourth-order valence-corrected chi connectivity index (χ4v) is 2.10. The van der Waals surface area contributed by atoms with Crippen molar-refractivity contribution in [2.75, 3.05) is 6.54 Å². The van der Waals surface area contributed by atoms with Crippen LogP contribution in [0.4, 0.5) is 0 Å². The molecule has 1 saturated heterocycles. The molecular formula is C14H12N4O2. The first kappa shape index (κ1) is 12.3. The molecule has 100 valence electrons. The molecule has 1 aliphatic heterocycles. The Kier molecular flexibility index (Phi) is 3.12. The number of nitrogens with one attached hydrogen (secondary N) is 2. The Hall–Kier alpha value is -2.76. The molecule has 1 aliphatic rings. The van der Waals surface area contributed by atoms with Crippen molar-refractivity contribution in [2.45, 2.75) is 6.42 Å². The monoisotopic (exact) mass is 268 g/mol. The van der Waals surface area contributed by atoms with Crippen LogP contribution in [-0.2, 0) is 16.0 Å². The van der Waals surface area contributed by atoms with E-state index in [1.807, 2.05) is 30.3 Å². The molecule has 0 aliphatic carbocycles.